The van der Waals surface area contributed by atoms with E-state index in [0.29, 0.717) is 19.3 Å². The zero-order valence-corrected chi connectivity index (χ0v) is 23.0. The van der Waals surface area contributed by atoms with E-state index in [2.05, 4.69) is 40.7 Å². The van der Waals surface area contributed by atoms with Gasteiger partial charge in [-0.25, -0.2) is 0 Å². The second kappa shape index (κ2) is 8.03. The smallest absolute Gasteiger partial charge is 0.312 e. The molecule has 5 aliphatic carbocycles. The Bertz CT molecular complexity index is 963. The van der Waals surface area contributed by atoms with Crippen LogP contribution < -0.4 is 0 Å². The largest absolute Gasteiger partial charge is 0.481 e. The minimum absolute atomic E-state index is 0.0992. The number of carboxylic acids is 1. The molecule has 5 rings (SSSR count). The van der Waals surface area contributed by atoms with Crippen molar-refractivity contribution in [3.05, 3.63) is 11.6 Å². The lowest BCUT2D eigenvalue weighted by Gasteiger charge is -2.72. The predicted molar refractivity (Wildman–Crippen MR) is 137 cm³/mol. The Hall–Kier alpha value is -0.950. The van der Waals surface area contributed by atoms with Gasteiger partial charge in [0.05, 0.1) is 24.9 Å². The molecular weight excluding hydrogens is 456 g/mol. The van der Waals surface area contributed by atoms with E-state index in [1.54, 1.807) is 0 Å². The predicted octanol–water partition coefficient (Wildman–Crippen LogP) is 4.00. The number of rotatable bonds is 2. The fraction of sp³-hybridized carbons (Fsp3) is 0.900. The zero-order valence-electron chi connectivity index (χ0n) is 23.0. The van der Waals surface area contributed by atoms with E-state index in [9.17, 15) is 30.3 Å². The number of fused-ring (bicyclic) bond motifs is 7. The molecule has 13 atom stereocenters. The average molecular weight is 505 g/mol. The van der Waals surface area contributed by atoms with Crippen LogP contribution in [0.3, 0.4) is 0 Å². The van der Waals surface area contributed by atoms with E-state index < -0.39 is 35.1 Å². The molecule has 204 valence electrons. The molecule has 6 heteroatoms. The SMILES string of the molecule is C[C@H]1[C@H](C)CC(O)[C@]2(C(=O)O)CC[C@]3(C)C(=CC[C@@H]4[C@@]5(C)CC(O)C(O)C(C)(CO)C5CC[C@]43C)[C@H]12. The highest BCUT2D eigenvalue weighted by molar-refractivity contribution is 5.77. The highest BCUT2D eigenvalue weighted by Gasteiger charge is 2.71. The first-order chi connectivity index (χ1) is 16.6. The quantitative estimate of drug-likeness (QED) is 0.363. The summed E-state index contributed by atoms with van der Waals surface area (Å²) in [4.78, 5) is 12.9. The average Bonchev–Trinajstić information content (AvgIpc) is 2.80. The molecule has 5 N–H and O–H groups in total. The monoisotopic (exact) mass is 504 g/mol. The van der Waals surface area contributed by atoms with E-state index in [1.165, 1.54) is 5.57 Å². The molecule has 0 aromatic rings. The van der Waals surface area contributed by atoms with Gasteiger partial charge in [-0.2, -0.15) is 0 Å². The fourth-order valence-corrected chi connectivity index (χ4v) is 11.1. The maximum absolute atomic E-state index is 12.9. The third-order valence-electron chi connectivity index (χ3n) is 13.6. The van der Waals surface area contributed by atoms with Crippen LogP contribution in [0.4, 0.5) is 0 Å². The molecule has 0 bridgehead atoms. The summed E-state index contributed by atoms with van der Waals surface area (Å²) in [5.74, 6) is -0.261. The second-order valence-electron chi connectivity index (χ2n) is 14.6. The number of aliphatic hydroxyl groups is 4. The lowest BCUT2D eigenvalue weighted by Crippen LogP contribution is -2.69. The summed E-state index contributed by atoms with van der Waals surface area (Å²) in [7, 11) is 0. The molecule has 4 fully saturated rings. The van der Waals surface area contributed by atoms with Gasteiger partial charge in [0.25, 0.3) is 0 Å². The number of hydrogen-bond acceptors (Lipinski definition) is 5. The molecule has 0 amide bonds. The molecular formula is C30H48O6. The van der Waals surface area contributed by atoms with E-state index in [4.69, 9.17) is 0 Å². The third-order valence-corrected chi connectivity index (χ3v) is 13.6. The lowest BCUT2D eigenvalue weighted by molar-refractivity contribution is -0.246. The molecule has 0 aliphatic heterocycles. The molecule has 0 radical (unpaired) electrons. The molecule has 6 nitrogen and oxygen atoms in total. The van der Waals surface area contributed by atoms with Gasteiger partial charge < -0.3 is 25.5 Å². The molecule has 5 unspecified atom stereocenters. The van der Waals surface area contributed by atoms with E-state index >= 15 is 0 Å². The van der Waals surface area contributed by atoms with Gasteiger partial charge in [0, 0.05) is 11.3 Å². The molecule has 0 saturated heterocycles. The van der Waals surface area contributed by atoms with Crippen LogP contribution in [0.2, 0.25) is 0 Å². The van der Waals surface area contributed by atoms with Gasteiger partial charge in [-0.3, -0.25) is 4.79 Å². The van der Waals surface area contributed by atoms with Gasteiger partial charge in [0.2, 0.25) is 0 Å². The summed E-state index contributed by atoms with van der Waals surface area (Å²) in [5.41, 5.74) is -1.17. The minimum Gasteiger partial charge on any atom is -0.481 e. The number of carbonyl (C=O) groups is 1. The van der Waals surface area contributed by atoms with Gasteiger partial charge in [0.15, 0.2) is 0 Å². The molecule has 0 aromatic carbocycles. The normalized spacial score (nSPS) is 58.6. The molecule has 0 heterocycles. The van der Waals surface area contributed by atoms with Crippen LogP contribution in [-0.4, -0.2) is 56.4 Å². The molecule has 4 saturated carbocycles. The van der Waals surface area contributed by atoms with Crippen molar-refractivity contribution in [2.45, 2.75) is 105 Å². The van der Waals surface area contributed by atoms with Crippen molar-refractivity contribution in [3.8, 4) is 0 Å². The molecule has 0 aromatic heterocycles. The van der Waals surface area contributed by atoms with Crippen LogP contribution in [0.5, 0.6) is 0 Å². The number of aliphatic carboxylic acids is 1. The highest BCUT2D eigenvalue weighted by atomic mass is 16.4. The Morgan fingerprint density at radius 1 is 1.03 bits per heavy atom. The van der Waals surface area contributed by atoms with Crippen LogP contribution in [-0.2, 0) is 4.79 Å². The number of carboxylic acid groups (broad SMARTS) is 1. The molecule has 0 spiro atoms. The standard InChI is InChI=1S/C30H48O6/c1-16-13-22(33)30(25(35)36)12-11-28(5)18(23(30)17(16)2)7-8-21-26(3)14-19(32)24(34)27(4,15-31)20(26)9-10-29(21,28)6/h7,16-17,19-24,31-34H,8-15H2,1-6H3,(H,35,36)/t16-,17+,19?,20?,21-,22?,23+,24?,26+,27?,28-,29-,30-/m1/s1. The summed E-state index contributed by atoms with van der Waals surface area (Å²) in [6.45, 7) is 13.1. The van der Waals surface area contributed by atoms with Crippen molar-refractivity contribution in [1.29, 1.82) is 0 Å². The van der Waals surface area contributed by atoms with Crippen LogP contribution >= 0.6 is 0 Å². The number of allylic oxidation sites excluding steroid dienone is 2. The lowest BCUT2D eigenvalue weighted by atomic mass is 9.33. The van der Waals surface area contributed by atoms with Gasteiger partial charge in [-0.1, -0.05) is 53.2 Å². The van der Waals surface area contributed by atoms with Crippen molar-refractivity contribution in [2.75, 3.05) is 6.61 Å². The third kappa shape index (κ3) is 2.91. The van der Waals surface area contributed by atoms with E-state index in [1.807, 2.05) is 6.92 Å². The summed E-state index contributed by atoms with van der Waals surface area (Å²) in [5, 5.41) is 54.1. The van der Waals surface area contributed by atoms with Crippen LogP contribution in [0, 0.1) is 56.7 Å². The summed E-state index contributed by atoms with van der Waals surface area (Å²) in [6.07, 6.45) is 4.58. The molecule has 36 heavy (non-hydrogen) atoms. The van der Waals surface area contributed by atoms with Crippen molar-refractivity contribution >= 4 is 5.97 Å². The summed E-state index contributed by atoms with van der Waals surface area (Å²) in [6, 6.07) is 0. The van der Waals surface area contributed by atoms with Gasteiger partial charge in [0.1, 0.15) is 5.41 Å². The Morgan fingerprint density at radius 3 is 2.31 bits per heavy atom. The van der Waals surface area contributed by atoms with E-state index in [-0.39, 0.29) is 52.4 Å². The van der Waals surface area contributed by atoms with Gasteiger partial charge >= 0.3 is 5.97 Å². The Balaban J connectivity index is 1.64. The van der Waals surface area contributed by atoms with Gasteiger partial charge in [-0.05, 0) is 84.9 Å². The first-order valence-corrected chi connectivity index (χ1v) is 14.2. The summed E-state index contributed by atoms with van der Waals surface area (Å²) < 4.78 is 0. The van der Waals surface area contributed by atoms with Crippen molar-refractivity contribution in [2.24, 2.45) is 56.7 Å². The number of hydrogen-bond donors (Lipinski definition) is 5. The Morgan fingerprint density at radius 2 is 1.69 bits per heavy atom. The Labute approximate surface area is 216 Å². The van der Waals surface area contributed by atoms with Crippen LogP contribution in [0.15, 0.2) is 11.6 Å². The maximum Gasteiger partial charge on any atom is 0.312 e. The summed E-state index contributed by atoms with van der Waals surface area (Å²) >= 11 is 0. The second-order valence-corrected chi connectivity index (χ2v) is 14.6. The van der Waals surface area contributed by atoms with Crippen molar-refractivity contribution in [3.63, 3.8) is 0 Å². The Kier molecular flexibility index (Phi) is 5.95. The van der Waals surface area contributed by atoms with Crippen LogP contribution in [0.25, 0.3) is 0 Å². The maximum atomic E-state index is 12.9. The fourth-order valence-electron chi connectivity index (χ4n) is 11.1. The van der Waals surface area contributed by atoms with Gasteiger partial charge in [-0.15, -0.1) is 0 Å². The topological polar surface area (TPSA) is 118 Å². The van der Waals surface area contributed by atoms with Crippen LogP contribution in [0.1, 0.15) is 86.5 Å². The first-order valence-electron chi connectivity index (χ1n) is 14.2. The highest BCUT2D eigenvalue weighted by Crippen LogP contribution is 2.75. The van der Waals surface area contributed by atoms with Crippen molar-refractivity contribution in [1.82, 2.24) is 0 Å². The zero-order chi connectivity index (χ0) is 26.6. The van der Waals surface area contributed by atoms with Crippen molar-refractivity contribution < 1.29 is 30.3 Å². The van der Waals surface area contributed by atoms with E-state index in [0.717, 1.165) is 25.7 Å². The minimum atomic E-state index is -1.12. The first kappa shape index (κ1) is 26.6. The molecule has 5 aliphatic rings. The number of aliphatic hydroxyl groups excluding tert-OH is 4.